The summed E-state index contributed by atoms with van der Waals surface area (Å²) in [7, 11) is -1.20. The molecule has 4 heteroatoms. The van der Waals surface area contributed by atoms with E-state index in [9.17, 15) is 4.21 Å². The second-order valence-electron chi connectivity index (χ2n) is 3.88. The minimum absolute atomic E-state index is 0.637. The van der Waals surface area contributed by atoms with Crippen LogP contribution in [0.3, 0.4) is 0 Å². The number of fused-ring (bicyclic) bond motifs is 1. The number of benzene rings is 2. The monoisotopic (exact) mass is 273 g/mol. The van der Waals surface area contributed by atoms with E-state index in [0.717, 1.165) is 19.2 Å². The second-order valence-corrected chi connectivity index (χ2v) is 6.61. The summed E-state index contributed by atoms with van der Waals surface area (Å²) < 4.78 is 14.3. The zero-order chi connectivity index (χ0) is 12.5. The van der Waals surface area contributed by atoms with E-state index in [-0.39, 0.29) is 0 Å². The third kappa shape index (κ3) is 1.83. The first kappa shape index (κ1) is 11.4. The molecule has 0 aliphatic carbocycles. The quantitative estimate of drug-likeness (QED) is 0.774. The topological polar surface area (TPSA) is 43.1 Å². The molecule has 2 N–H and O–H groups in total. The smallest absolute Gasteiger partial charge is 0.120 e. The molecule has 0 spiro atoms. The summed E-state index contributed by atoms with van der Waals surface area (Å²) in [6.45, 7) is 0. The predicted octanol–water partition coefficient (Wildman–Crippen LogP) is 3.65. The molecule has 90 valence electrons. The van der Waals surface area contributed by atoms with Crippen molar-refractivity contribution in [3.8, 4) is 0 Å². The van der Waals surface area contributed by atoms with Gasteiger partial charge in [0.15, 0.2) is 0 Å². The van der Waals surface area contributed by atoms with Crippen LogP contribution in [0.25, 0.3) is 10.1 Å². The van der Waals surface area contributed by atoms with Gasteiger partial charge in [0, 0.05) is 15.0 Å². The van der Waals surface area contributed by atoms with Crippen molar-refractivity contribution in [1.29, 1.82) is 0 Å². The SMILES string of the molecule is Nc1c(S(=O)c2ccccc2)sc2ccccc12. The molecule has 0 saturated heterocycles. The van der Waals surface area contributed by atoms with Crippen molar-refractivity contribution >= 4 is 37.9 Å². The summed E-state index contributed by atoms with van der Waals surface area (Å²) >= 11 is 1.50. The molecule has 1 unspecified atom stereocenters. The van der Waals surface area contributed by atoms with Gasteiger partial charge in [-0.25, -0.2) is 4.21 Å². The summed E-state index contributed by atoms with van der Waals surface area (Å²) in [4.78, 5) is 0.788. The van der Waals surface area contributed by atoms with Crippen LogP contribution in [0.4, 0.5) is 5.69 Å². The average molecular weight is 273 g/mol. The molecule has 0 radical (unpaired) electrons. The molecule has 1 atom stereocenters. The first-order chi connectivity index (χ1) is 8.77. The van der Waals surface area contributed by atoms with Gasteiger partial charge in [0.1, 0.15) is 4.21 Å². The zero-order valence-electron chi connectivity index (χ0n) is 9.50. The van der Waals surface area contributed by atoms with Gasteiger partial charge in [-0.15, -0.1) is 11.3 Å². The molecule has 0 fully saturated rings. The Balaban J connectivity index is 2.15. The summed E-state index contributed by atoms with van der Waals surface area (Å²) in [5, 5.41) is 0.988. The third-order valence-electron chi connectivity index (χ3n) is 2.73. The van der Waals surface area contributed by atoms with E-state index in [2.05, 4.69) is 0 Å². The highest BCUT2D eigenvalue weighted by atomic mass is 32.2. The summed E-state index contributed by atoms with van der Waals surface area (Å²) in [5.74, 6) is 0. The number of hydrogen-bond donors (Lipinski definition) is 1. The largest absolute Gasteiger partial charge is 0.397 e. The van der Waals surface area contributed by atoms with Gasteiger partial charge in [-0.05, 0) is 18.2 Å². The number of anilines is 1. The Bertz CT molecular complexity index is 719. The molecule has 0 amide bonds. The van der Waals surface area contributed by atoms with E-state index in [1.54, 1.807) is 0 Å². The molecule has 0 saturated carbocycles. The highest BCUT2D eigenvalue weighted by Gasteiger charge is 2.15. The van der Waals surface area contributed by atoms with Crippen molar-refractivity contribution in [2.45, 2.75) is 9.10 Å². The van der Waals surface area contributed by atoms with Crippen molar-refractivity contribution in [2.75, 3.05) is 5.73 Å². The molecule has 3 rings (SSSR count). The maximum absolute atomic E-state index is 12.5. The summed E-state index contributed by atoms with van der Waals surface area (Å²) in [5.41, 5.74) is 6.73. The van der Waals surface area contributed by atoms with E-state index in [4.69, 9.17) is 5.73 Å². The van der Waals surface area contributed by atoms with Gasteiger partial charge in [-0.1, -0.05) is 36.4 Å². The first-order valence-corrected chi connectivity index (χ1v) is 7.48. The Morgan fingerprint density at radius 2 is 1.61 bits per heavy atom. The molecule has 0 aliphatic rings. The molecule has 0 aliphatic heterocycles. The van der Waals surface area contributed by atoms with E-state index in [1.165, 1.54) is 11.3 Å². The lowest BCUT2D eigenvalue weighted by Gasteiger charge is -2.00. The van der Waals surface area contributed by atoms with Gasteiger partial charge in [0.2, 0.25) is 0 Å². The molecular weight excluding hydrogens is 262 g/mol. The Labute approximate surface area is 112 Å². The fourth-order valence-corrected chi connectivity index (χ4v) is 4.47. The summed E-state index contributed by atoms with van der Waals surface area (Å²) in [6, 6.07) is 17.3. The third-order valence-corrected chi connectivity index (χ3v) is 5.67. The van der Waals surface area contributed by atoms with Gasteiger partial charge < -0.3 is 5.73 Å². The van der Waals surface area contributed by atoms with E-state index >= 15 is 0 Å². The van der Waals surface area contributed by atoms with E-state index < -0.39 is 10.8 Å². The Morgan fingerprint density at radius 3 is 2.33 bits per heavy atom. The van der Waals surface area contributed by atoms with Gasteiger partial charge in [-0.3, -0.25) is 0 Å². The molecule has 1 heterocycles. The molecule has 2 aromatic carbocycles. The van der Waals surface area contributed by atoms with Crippen molar-refractivity contribution < 1.29 is 4.21 Å². The molecule has 0 bridgehead atoms. The first-order valence-electron chi connectivity index (χ1n) is 5.51. The van der Waals surface area contributed by atoms with Crippen molar-refractivity contribution in [2.24, 2.45) is 0 Å². The van der Waals surface area contributed by atoms with Crippen LogP contribution < -0.4 is 5.73 Å². The van der Waals surface area contributed by atoms with Crippen LogP contribution >= 0.6 is 11.3 Å². The Kier molecular flexibility index (Phi) is 2.89. The van der Waals surface area contributed by atoms with Gasteiger partial charge >= 0.3 is 0 Å². The Morgan fingerprint density at radius 1 is 0.944 bits per heavy atom. The fourth-order valence-electron chi connectivity index (χ4n) is 1.83. The van der Waals surface area contributed by atoms with Crippen LogP contribution in [-0.2, 0) is 10.8 Å². The van der Waals surface area contributed by atoms with Crippen LogP contribution in [0.15, 0.2) is 63.7 Å². The van der Waals surface area contributed by atoms with Crippen molar-refractivity contribution in [3.05, 3.63) is 54.6 Å². The lowest BCUT2D eigenvalue weighted by Crippen LogP contribution is -1.94. The maximum Gasteiger partial charge on any atom is 0.120 e. The van der Waals surface area contributed by atoms with Crippen LogP contribution in [0.1, 0.15) is 0 Å². The second kappa shape index (κ2) is 4.55. The number of thiophene rings is 1. The van der Waals surface area contributed by atoms with Crippen LogP contribution in [0.2, 0.25) is 0 Å². The molecule has 3 aromatic rings. The van der Waals surface area contributed by atoms with E-state index in [0.29, 0.717) is 5.69 Å². The van der Waals surface area contributed by atoms with Crippen molar-refractivity contribution in [1.82, 2.24) is 0 Å². The molecule has 1 aromatic heterocycles. The van der Waals surface area contributed by atoms with Gasteiger partial charge in [0.05, 0.1) is 16.5 Å². The lowest BCUT2D eigenvalue weighted by molar-refractivity contribution is 0.684. The number of nitrogen functional groups attached to an aromatic ring is 1. The van der Waals surface area contributed by atoms with Crippen LogP contribution in [0.5, 0.6) is 0 Å². The number of nitrogens with two attached hydrogens (primary N) is 1. The molecule has 18 heavy (non-hydrogen) atoms. The Hall–Kier alpha value is -1.65. The lowest BCUT2D eigenvalue weighted by atomic mass is 10.2. The number of hydrogen-bond acceptors (Lipinski definition) is 3. The average Bonchev–Trinajstić information content (AvgIpc) is 2.77. The minimum Gasteiger partial charge on any atom is -0.397 e. The normalized spacial score (nSPS) is 12.7. The van der Waals surface area contributed by atoms with E-state index in [1.807, 2.05) is 54.6 Å². The summed E-state index contributed by atoms with van der Waals surface area (Å²) in [6.07, 6.45) is 0. The van der Waals surface area contributed by atoms with Crippen LogP contribution in [0, 0.1) is 0 Å². The highest BCUT2D eigenvalue weighted by Crippen LogP contribution is 2.37. The molecular formula is C14H11NOS2. The zero-order valence-corrected chi connectivity index (χ0v) is 11.1. The number of rotatable bonds is 2. The van der Waals surface area contributed by atoms with Gasteiger partial charge in [0.25, 0.3) is 0 Å². The fraction of sp³-hybridized carbons (Fsp3) is 0. The van der Waals surface area contributed by atoms with Crippen molar-refractivity contribution in [3.63, 3.8) is 0 Å². The van der Waals surface area contributed by atoms with Crippen LogP contribution in [-0.4, -0.2) is 4.21 Å². The molecule has 2 nitrogen and oxygen atoms in total. The predicted molar refractivity (Wildman–Crippen MR) is 77.4 cm³/mol. The van der Waals surface area contributed by atoms with Gasteiger partial charge in [-0.2, -0.15) is 0 Å². The minimum atomic E-state index is -1.20. The highest BCUT2D eigenvalue weighted by molar-refractivity contribution is 7.87. The standard InChI is InChI=1S/C14H11NOS2/c15-13-11-8-4-5-9-12(11)17-14(13)18(16)10-6-2-1-3-7-10/h1-9H,15H2. The maximum atomic E-state index is 12.5.